The summed E-state index contributed by atoms with van der Waals surface area (Å²) in [6.45, 7) is 0. The first kappa shape index (κ1) is 32.4. The van der Waals surface area contributed by atoms with E-state index in [2.05, 4.69) is 229 Å². The number of hydrogen-bond donors (Lipinski definition) is 0. The molecule has 0 spiro atoms. The molecule has 0 aliphatic heterocycles. The lowest BCUT2D eigenvalue weighted by Gasteiger charge is -2.28. The minimum atomic E-state index is 1.10. The Hall–Kier alpha value is -7.22. The van der Waals surface area contributed by atoms with Crippen molar-refractivity contribution in [3.05, 3.63) is 224 Å². The molecule has 0 saturated carbocycles. The van der Waals surface area contributed by atoms with E-state index in [1.807, 2.05) is 0 Å². The van der Waals surface area contributed by atoms with E-state index in [1.165, 1.54) is 76.8 Å². The van der Waals surface area contributed by atoms with Crippen LogP contribution in [-0.4, -0.2) is 0 Å². The molecule has 1 nitrogen and oxygen atoms in total. The zero-order valence-electron chi connectivity index (χ0n) is 30.3. The first-order chi connectivity index (χ1) is 27.3. The van der Waals surface area contributed by atoms with Crippen LogP contribution >= 0.6 is 0 Å². The van der Waals surface area contributed by atoms with Crippen LogP contribution < -0.4 is 4.90 Å². The number of anilines is 3. The molecule has 0 fully saturated rings. The molecule has 10 rings (SSSR count). The van der Waals surface area contributed by atoms with Crippen molar-refractivity contribution < 1.29 is 0 Å². The van der Waals surface area contributed by atoms with E-state index >= 15 is 0 Å². The van der Waals surface area contributed by atoms with Gasteiger partial charge < -0.3 is 4.90 Å². The molecular weight excluding hydrogens is 663 g/mol. The highest BCUT2D eigenvalue weighted by atomic mass is 15.1. The average Bonchev–Trinajstić information content (AvgIpc) is 3.27. The van der Waals surface area contributed by atoms with E-state index in [0.717, 1.165) is 17.1 Å². The third-order valence-corrected chi connectivity index (χ3v) is 10.9. The van der Waals surface area contributed by atoms with E-state index in [0.29, 0.717) is 0 Å². The molecule has 0 atom stereocenters. The highest BCUT2D eigenvalue weighted by molar-refractivity contribution is 6.14. The van der Waals surface area contributed by atoms with Crippen LogP contribution in [0.25, 0.3) is 76.8 Å². The fraction of sp³-hybridized carbons (Fsp3) is 0. The quantitative estimate of drug-likeness (QED) is 0.150. The molecule has 0 heterocycles. The van der Waals surface area contributed by atoms with Crippen LogP contribution in [0.4, 0.5) is 17.1 Å². The van der Waals surface area contributed by atoms with Gasteiger partial charge in [0, 0.05) is 16.8 Å². The first-order valence-electron chi connectivity index (χ1n) is 18.9. The summed E-state index contributed by atoms with van der Waals surface area (Å²) in [6, 6.07) is 81.4. The van der Waals surface area contributed by atoms with Gasteiger partial charge in [0.2, 0.25) is 0 Å². The first-order valence-corrected chi connectivity index (χ1v) is 18.9. The Morgan fingerprint density at radius 2 is 0.636 bits per heavy atom. The fourth-order valence-corrected chi connectivity index (χ4v) is 8.15. The second kappa shape index (κ2) is 14.0. The normalized spacial score (nSPS) is 11.3. The highest BCUT2D eigenvalue weighted by Crippen LogP contribution is 2.43. The van der Waals surface area contributed by atoms with Crippen LogP contribution in [0.15, 0.2) is 224 Å². The second-order valence-corrected chi connectivity index (χ2v) is 14.1. The summed E-state index contributed by atoms with van der Waals surface area (Å²) in [5.74, 6) is 0. The minimum Gasteiger partial charge on any atom is -0.310 e. The van der Waals surface area contributed by atoms with Gasteiger partial charge in [0.25, 0.3) is 0 Å². The SMILES string of the molecule is c1ccc(-c2ccc(-c3ccc(N(c4ccc(-c5cc6ccccc6c6ccccc56)cc4)c4ccc(-c5ccccc5)c5ccccc45)cc3)cc2)cc1. The predicted molar refractivity (Wildman–Crippen MR) is 235 cm³/mol. The molecular formula is C54H37N. The number of benzene rings is 10. The van der Waals surface area contributed by atoms with Gasteiger partial charge in [0.05, 0.1) is 5.69 Å². The van der Waals surface area contributed by atoms with E-state index in [9.17, 15) is 0 Å². The van der Waals surface area contributed by atoms with Gasteiger partial charge in [-0.15, -0.1) is 0 Å². The molecule has 0 aliphatic carbocycles. The third kappa shape index (κ3) is 6.02. The number of nitrogens with zero attached hydrogens (tertiary/aromatic N) is 1. The lowest BCUT2D eigenvalue weighted by molar-refractivity contribution is 1.30. The van der Waals surface area contributed by atoms with Crippen LogP contribution in [-0.2, 0) is 0 Å². The van der Waals surface area contributed by atoms with E-state index in [4.69, 9.17) is 0 Å². The van der Waals surface area contributed by atoms with Crippen LogP contribution in [0, 0.1) is 0 Å². The van der Waals surface area contributed by atoms with E-state index in [-0.39, 0.29) is 0 Å². The van der Waals surface area contributed by atoms with Gasteiger partial charge in [-0.25, -0.2) is 0 Å². The van der Waals surface area contributed by atoms with Crippen molar-refractivity contribution in [2.75, 3.05) is 4.90 Å². The predicted octanol–water partition coefficient (Wildman–Crippen LogP) is 15.3. The van der Waals surface area contributed by atoms with Crippen molar-refractivity contribution in [2.24, 2.45) is 0 Å². The molecule has 0 saturated heterocycles. The number of fused-ring (bicyclic) bond motifs is 4. The third-order valence-electron chi connectivity index (χ3n) is 10.9. The molecule has 0 bridgehead atoms. The van der Waals surface area contributed by atoms with Crippen molar-refractivity contribution in [1.29, 1.82) is 0 Å². The van der Waals surface area contributed by atoms with Gasteiger partial charge in [0.15, 0.2) is 0 Å². The molecule has 0 N–H and O–H groups in total. The summed E-state index contributed by atoms with van der Waals surface area (Å²) in [5, 5.41) is 7.51. The highest BCUT2D eigenvalue weighted by Gasteiger charge is 2.18. The Kier molecular flexibility index (Phi) is 8.24. The van der Waals surface area contributed by atoms with Crippen molar-refractivity contribution in [2.45, 2.75) is 0 Å². The topological polar surface area (TPSA) is 3.24 Å². The monoisotopic (exact) mass is 699 g/mol. The zero-order chi connectivity index (χ0) is 36.6. The molecule has 55 heavy (non-hydrogen) atoms. The van der Waals surface area contributed by atoms with Gasteiger partial charge in [-0.3, -0.25) is 0 Å². The molecule has 0 amide bonds. The van der Waals surface area contributed by atoms with E-state index in [1.54, 1.807) is 0 Å². The van der Waals surface area contributed by atoms with Gasteiger partial charge in [-0.05, 0) is 108 Å². The molecule has 0 aromatic heterocycles. The molecule has 10 aromatic carbocycles. The number of hydrogen-bond acceptors (Lipinski definition) is 1. The van der Waals surface area contributed by atoms with E-state index < -0.39 is 0 Å². The van der Waals surface area contributed by atoms with Crippen molar-refractivity contribution in [1.82, 2.24) is 0 Å². The maximum absolute atomic E-state index is 2.40. The average molecular weight is 700 g/mol. The summed E-state index contributed by atoms with van der Waals surface area (Å²) in [7, 11) is 0. The summed E-state index contributed by atoms with van der Waals surface area (Å²) in [5.41, 5.74) is 13.1. The Labute approximate surface area is 322 Å². The summed E-state index contributed by atoms with van der Waals surface area (Å²) < 4.78 is 0. The lowest BCUT2D eigenvalue weighted by atomic mass is 9.93. The Bertz CT molecular complexity index is 2930. The van der Waals surface area contributed by atoms with Crippen molar-refractivity contribution in [3.8, 4) is 44.5 Å². The van der Waals surface area contributed by atoms with Crippen LogP contribution in [0.5, 0.6) is 0 Å². The maximum Gasteiger partial charge on any atom is 0.0540 e. The smallest absolute Gasteiger partial charge is 0.0540 e. The molecule has 1 heteroatoms. The molecule has 0 unspecified atom stereocenters. The summed E-state index contributed by atoms with van der Waals surface area (Å²) >= 11 is 0. The van der Waals surface area contributed by atoms with Crippen molar-refractivity contribution >= 4 is 49.4 Å². The number of rotatable bonds is 7. The van der Waals surface area contributed by atoms with Gasteiger partial charge >= 0.3 is 0 Å². The Morgan fingerprint density at radius 1 is 0.236 bits per heavy atom. The molecule has 10 aromatic rings. The molecule has 0 radical (unpaired) electrons. The maximum atomic E-state index is 2.40. The largest absolute Gasteiger partial charge is 0.310 e. The summed E-state index contributed by atoms with van der Waals surface area (Å²) in [6.07, 6.45) is 0. The fourth-order valence-electron chi connectivity index (χ4n) is 8.15. The van der Waals surface area contributed by atoms with Crippen LogP contribution in [0.1, 0.15) is 0 Å². The minimum absolute atomic E-state index is 1.10. The van der Waals surface area contributed by atoms with Gasteiger partial charge in [0.1, 0.15) is 0 Å². The van der Waals surface area contributed by atoms with Gasteiger partial charge in [-0.1, -0.05) is 188 Å². The molecule has 258 valence electrons. The van der Waals surface area contributed by atoms with Crippen LogP contribution in [0.3, 0.4) is 0 Å². The van der Waals surface area contributed by atoms with Crippen LogP contribution in [0.2, 0.25) is 0 Å². The lowest BCUT2D eigenvalue weighted by Crippen LogP contribution is -2.10. The van der Waals surface area contributed by atoms with Crippen molar-refractivity contribution in [3.63, 3.8) is 0 Å². The second-order valence-electron chi connectivity index (χ2n) is 14.1. The molecule has 0 aliphatic rings. The van der Waals surface area contributed by atoms with Gasteiger partial charge in [-0.2, -0.15) is 0 Å². The summed E-state index contributed by atoms with van der Waals surface area (Å²) in [4.78, 5) is 2.40. The standard InChI is InChI=1S/C54H37N/c1-3-13-38(14-4-1)39-23-25-40(26-24-39)41-27-31-45(32-28-41)55(54-36-35-48(42-15-5-2-6-16-42)50-20-11-12-22-52(50)54)46-33-29-43(30-34-46)53-37-44-17-7-8-18-47(44)49-19-9-10-21-51(49)53/h1-37H. The zero-order valence-corrected chi connectivity index (χ0v) is 30.3. The Balaban J connectivity index is 1.09. The Morgan fingerprint density at radius 3 is 1.24 bits per heavy atom.